The second-order valence-corrected chi connectivity index (χ2v) is 7.88. The highest BCUT2D eigenvalue weighted by Gasteiger charge is 2.24. The minimum Gasteiger partial charge on any atom is -0.459 e. The molecule has 0 aliphatic rings. The second kappa shape index (κ2) is 9.61. The average molecular weight is 496 g/mol. The van der Waals surface area contributed by atoms with Crippen molar-refractivity contribution in [2.24, 2.45) is 0 Å². The topological polar surface area (TPSA) is 103 Å². The van der Waals surface area contributed by atoms with Crippen molar-refractivity contribution in [3.05, 3.63) is 105 Å². The lowest BCUT2D eigenvalue weighted by atomic mass is 10.1. The maximum Gasteiger partial charge on any atom is 0.329 e. The molecule has 162 valence electrons. The van der Waals surface area contributed by atoms with Crippen molar-refractivity contribution >= 4 is 33.5 Å². The standard InChI is InChI=1S/C23H18BrN3O5/c24-16-8-9-20-25-17(12-21(28)27(20)13-16)14-32-23(30)18(11-15-5-2-1-3-6-15)26-22(29)19-7-4-10-31-19/h1-10,12-13,18H,11,14H2,(H,26,29). The summed E-state index contributed by atoms with van der Waals surface area (Å²) in [5.41, 5.74) is 1.29. The Morgan fingerprint density at radius 2 is 1.94 bits per heavy atom. The highest BCUT2D eigenvalue weighted by atomic mass is 79.9. The maximum absolute atomic E-state index is 12.8. The Labute approximate surface area is 191 Å². The van der Waals surface area contributed by atoms with Gasteiger partial charge in [0.25, 0.3) is 11.5 Å². The van der Waals surface area contributed by atoms with Gasteiger partial charge in [-0.05, 0) is 45.8 Å². The summed E-state index contributed by atoms with van der Waals surface area (Å²) in [6.45, 7) is -0.206. The molecule has 0 saturated heterocycles. The molecule has 3 heterocycles. The van der Waals surface area contributed by atoms with Crippen molar-refractivity contribution in [2.75, 3.05) is 0 Å². The lowest BCUT2D eigenvalue weighted by molar-refractivity contribution is -0.147. The average Bonchev–Trinajstić information content (AvgIpc) is 3.33. The molecule has 0 radical (unpaired) electrons. The smallest absolute Gasteiger partial charge is 0.329 e. The molecule has 0 fully saturated rings. The predicted molar refractivity (Wildman–Crippen MR) is 119 cm³/mol. The van der Waals surface area contributed by atoms with E-state index >= 15 is 0 Å². The fourth-order valence-electron chi connectivity index (χ4n) is 3.13. The van der Waals surface area contributed by atoms with E-state index in [2.05, 4.69) is 26.2 Å². The van der Waals surface area contributed by atoms with E-state index in [0.29, 0.717) is 11.3 Å². The Balaban J connectivity index is 1.50. The number of benzene rings is 1. The molecule has 32 heavy (non-hydrogen) atoms. The van der Waals surface area contributed by atoms with Crippen LogP contribution in [-0.4, -0.2) is 27.3 Å². The van der Waals surface area contributed by atoms with Crippen LogP contribution in [0.3, 0.4) is 0 Å². The zero-order chi connectivity index (χ0) is 22.5. The molecular formula is C23H18BrN3O5. The monoisotopic (exact) mass is 495 g/mol. The molecular weight excluding hydrogens is 478 g/mol. The van der Waals surface area contributed by atoms with E-state index in [1.165, 1.54) is 22.8 Å². The van der Waals surface area contributed by atoms with Gasteiger partial charge in [0, 0.05) is 23.2 Å². The van der Waals surface area contributed by atoms with Crippen LogP contribution in [0.2, 0.25) is 0 Å². The minimum absolute atomic E-state index is 0.0891. The molecule has 0 bridgehead atoms. The van der Waals surface area contributed by atoms with Crippen molar-refractivity contribution in [3.8, 4) is 0 Å². The Kier molecular flexibility index (Phi) is 6.46. The van der Waals surface area contributed by atoms with Crippen LogP contribution in [0, 0.1) is 0 Å². The van der Waals surface area contributed by atoms with Gasteiger partial charge in [0.05, 0.1) is 12.0 Å². The van der Waals surface area contributed by atoms with Crippen LogP contribution in [0.1, 0.15) is 21.8 Å². The first-order chi connectivity index (χ1) is 15.5. The van der Waals surface area contributed by atoms with E-state index in [1.54, 1.807) is 24.4 Å². The normalized spacial score (nSPS) is 11.8. The van der Waals surface area contributed by atoms with Gasteiger partial charge in [-0.15, -0.1) is 0 Å². The van der Waals surface area contributed by atoms with Gasteiger partial charge in [-0.25, -0.2) is 9.78 Å². The number of aromatic nitrogens is 2. The van der Waals surface area contributed by atoms with Crippen molar-refractivity contribution in [3.63, 3.8) is 0 Å². The number of hydrogen-bond acceptors (Lipinski definition) is 6. The van der Waals surface area contributed by atoms with Crippen molar-refractivity contribution in [2.45, 2.75) is 19.1 Å². The van der Waals surface area contributed by atoms with E-state index in [-0.39, 0.29) is 24.3 Å². The van der Waals surface area contributed by atoms with Crippen molar-refractivity contribution in [1.29, 1.82) is 0 Å². The quantitative estimate of drug-likeness (QED) is 0.395. The highest BCUT2D eigenvalue weighted by Crippen LogP contribution is 2.11. The van der Waals surface area contributed by atoms with Crippen LogP contribution in [0.4, 0.5) is 0 Å². The zero-order valence-electron chi connectivity index (χ0n) is 16.7. The van der Waals surface area contributed by atoms with E-state index in [1.807, 2.05) is 30.3 Å². The molecule has 9 heteroatoms. The van der Waals surface area contributed by atoms with E-state index < -0.39 is 17.9 Å². The summed E-state index contributed by atoms with van der Waals surface area (Å²) in [6, 6.07) is 16.1. The minimum atomic E-state index is -0.951. The number of carbonyl (C=O) groups excluding carboxylic acids is 2. The summed E-state index contributed by atoms with van der Waals surface area (Å²) < 4.78 is 12.6. The Morgan fingerprint density at radius 3 is 2.69 bits per heavy atom. The highest BCUT2D eigenvalue weighted by molar-refractivity contribution is 9.10. The molecule has 1 N–H and O–H groups in total. The number of fused-ring (bicyclic) bond motifs is 1. The van der Waals surface area contributed by atoms with Gasteiger partial charge in [0.1, 0.15) is 18.3 Å². The summed E-state index contributed by atoms with van der Waals surface area (Å²) in [5, 5.41) is 2.65. The van der Waals surface area contributed by atoms with Crippen LogP contribution >= 0.6 is 15.9 Å². The number of carbonyl (C=O) groups is 2. The molecule has 0 aliphatic carbocycles. The molecule has 0 aliphatic heterocycles. The van der Waals surface area contributed by atoms with Gasteiger partial charge in [-0.1, -0.05) is 30.3 Å². The molecule has 0 spiro atoms. The van der Waals surface area contributed by atoms with Crippen LogP contribution < -0.4 is 10.9 Å². The van der Waals surface area contributed by atoms with E-state index in [4.69, 9.17) is 9.15 Å². The fourth-order valence-corrected chi connectivity index (χ4v) is 3.46. The predicted octanol–water partition coefficient (Wildman–Crippen LogP) is 3.13. The summed E-state index contributed by atoms with van der Waals surface area (Å²) in [7, 11) is 0. The van der Waals surface area contributed by atoms with E-state index in [0.717, 1.165) is 10.0 Å². The second-order valence-electron chi connectivity index (χ2n) is 6.96. The summed E-state index contributed by atoms with van der Waals surface area (Å²) in [5.74, 6) is -1.08. The summed E-state index contributed by atoms with van der Waals surface area (Å²) in [6.07, 6.45) is 3.22. The Hall–Kier alpha value is -3.72. The largest absolute Gasteiger partial charge is 0.459 e. The number of halogens is 1. The molecule has 1 atom stereocenters. The molecule has 1 aromatic carbocycles. The molecule has 0 saturated carbocycles. The summed E-state index contributed by atoms with van der Waals surface area (Å²) in [4.78, 5) is 42.0. The third-order valence-corrected chi connectivity index (χ3v) is 5.13. The number of esters is 1. The third-order valence-electron chi connectivity index (χ3n) is 4.66. The molecule has 1 unspecified atom stereocenters. The van der Waals surface area contributed by atoms with E-state index in [9.17, 15) is 14.4 Å². The zero-order valence-corrected chi connectivity index (χ0v) is 18.3. The fraction of sp³-hybridized carbons (Fsp3) is 0.130. The van der Waals surface area contributed by atoms with Crippen molar-refractivity contribution < 1.29 is 18.7 Å². The van der Waals surface area contributed by atoms with Crippen LogP contribution in [0.5, 0.6) is 0 Å². The SMILES string of the molecule is O=C(NC(Cc1ccccc1)C(=O)OCc1cc(=O)n2cc(Br)ccc2n1)c1ccco1. The van der Waals surface area contributed by atoms with Gasteiger partial charge in [-0.2, -0.15) is 0 Å². The number of amides is 1. The lowest BCUT2D eigenvalue weighted by Gasteiger charge is -2.17. The number of ether oxygens (including phenoxy) is 1. The van der Waals surface area contributed by atoms with Crippen LogP contribution in [-0.2, 0) is 22.6 Å². The maximum atomic E-state index is 12.8. The first kappa shape index (κ1) is 21.5. The number of furan rings is 1. The lowest BCUT2D eigenvalue weighted by Crippen LogP contribution is -2.43. The number of rotatable bonds is 7. The molecule has 4 aromatic rings. The first-order valence-electron chi connectivity index (χ1n) is 9.72. The van der Waals surface area contributed by atoms with Gasteiger partial charge < -0.3 is 14.5 Å². The molecule has 3 aromatic heterocycles. The molecule has 1 amide bonds. The van der Waals surface area contributed by atoms with Crippen molar-refractivity contribution in [1.82, 2.24) is 14.7 Å². The molecule has 8 nitrogen and oxygen atoms in total. The first-order valence-corrected chi connectivity index (χ1v) is 10.5. The number of nitrogens with zero attached hydrogens (tertiary/aromatic N) is 2. The Bertz CT molecular complexity index is 1300. The van der Waals surface area contributed by atoms with Gasteiger partial charge in [0.2, 0.25) is 0 Å². The van der Waals surface area contributed by atoms with Gasteiger partial charge in [-0.3, -0.25) is 14.0 Å². The summed E-state index contributed by atoms with van der Waals surface area (Å²) >= 11 is 3.31. The van der Waals surface area contributed by atoms with Gasteiger partial charge in [0.15, 0.2) is 5.76 Å². The molecule has 4 rings (SSSR count). The number of pyridine rings is 1. The Morgan fingerprint density at radius 1 is 1.12 bits per heavy atom. The van der Waals surface area contributed by atoms with Gasteiger partial charge >= 0.3 is 5.97 Å². The van der Waals surface area contributed by atoms with Crippen LogP contribution in [0.25, 0.3) is 5.65 Å². The third kappa shape index (κ3) is 5.12. The number of hydrogen-bond donors (Lipinski definition) is 1. The van der Waals surface area contributed by atoms with Crippen LogP contribution in [0.15, 0.2) is 86.8 Å². The number of nitrogens with one attached hydrogen (secondary N) is 1.